The van der Waals surface area contributed by atoms with E-state index in [9.17, 15) is 0 Å². The van der Waals surface area contributed by atoms with Gasteiger partial charge in [-0.3, -0.25) is 0 Å². The van der Waals surface area contributed by atoms with Crippen molar-refractivity contribution in [1.82, 2.24) is 5.32 Å². The highest BCUT2D eigenvalue weighted by Gasteiger charge is 2.47. The molecule has 2 unspecified atom stereocenters. The second-order valence-electron chi connectivity index (χ2n) is 5.43. The molecule has 70 valence electrons. The molecule has 2 heterocycles. The van der Waals surface area contributed by atoms with Gasteiger partial charge in [0.25, 0.3) is 0 Å². The first-order valence-electron chi connectivity index (χ1n) is 5.35. The fraction of sp³-hybridized carbons (Fsp3) is 1.00. The zero-order valence-corrected chi connectivity index (χ0v) is 8.61. The lowest BCUT2D eigenvalue weighted by molar-refractivity contribution is 0.168. The minimum Gasteiger partial charge on any atom is -0.306 e. The summed E-state index contributed by atoms with van der Waals surface area (Å²) in [5, 5.41) is 3.81. The molecule has 0 aromatic heterocycles. The normalized spacial score (nSPS) is 52.8. The molecule has 0 aliphatic carbocycles. The summed E-state index contributed by atoms with van der Waals surface area (Å²) < 4.78 is 0. The molecule has 0 radical (unpaired) electrons. The van der Waals surface area contributed by atoms with E-state index in [0.717, 1.165) is 5.92 Å². The molecule has 2 fully saturated rings. The van der Waals surface area contributed by atoms with Crippen molar-refractivity contribution < 1.29 is 0 Å². The van der Waals surface area contributed by atoms with Crippen molar-refractivity contribution in [2.75, 3.05) is 0 Å². The number of fused-ring (bicyclic) bond motifs is 2. The summed E-state index contributed by atoms with van der Waals surface area (Å²) >= 11 is 0. The number of rotatable bonds is 1. The van der Waals surface area contributed by atoms with Crippen molar-refractivity contribution in [2.24, 2.45) is 5.92 Å². The van der Waals surface area contributed by atoms with Crippen molar-refractivity contribution in [2.45, 2.75) is 64.0 Å². The van der Waals surface area contributed by atoms with Crippen molar-refractivity contribution >= 4 is 0 Å². The van der Waals surface area contributed by atoms with Gasteiger partial charge in [0.15, 0.2) is 0 Å². The van der Waals surface area contributed by atoms with Crippen LogP contribution in [0.1, 0.15) is 52.9 Å². The molecule has 2 saturated heterocycles. The third kappa shape index (κ3) is 1.28. The Hall–Kier alpha value is -0.0400. The van der Waals surface area contributed by atoms with Gasteiger partial charge in [-0.1, -0.05) is 13.3 Å². The first-order chi connectivity index (χ1) is 5.55. The molecule has 2 atom stereocenters. The van der Waals surface area contributed by atoms with E-state index < -0.39 is 0 Å². The maximum Gasteiger partial charge on any atom is 0.0161 e. The standard InChI is InChI=1S/C11H21N/c1-4-9-7-10(2)5-6-11(3,8-9)12-10/h9,12H,4-8H2,1-3H3. The Kier molecular flexibility index (Phi) is 1.76. The fourth-order valence-electron chi connectivity index (χ4n) is 3.35. The maximum atomic E-state index is 3.81. The van der Waals surface area contributed by atoms with Gasteiger partial charge < -0.3 is 5.32 Å². The number of hydrogen-bond acceptors (Lipinski definition) is 1. The van der Waals surface area contributed by atoms with Gasteiger partial charge >= 0.3 is 0 Å². The van der Waals surface area contributed by atoms with E-state index >= 15 is 0 Å². The predicted molar refractivity (Wildman–Crippen MR) is 52.2 cm³/mol. The van der Waals surface area contributed by atoms with Crippen molar-refractivity contribution in [3.8, 4) is 0 Å². The van der Waals surface area contributed by atoms with E-state index in [4.69, 9.17) is 0 Å². The Morgan fingerprint density at radius 1 is 1.17 bits per heavy atom. The molecule has 2 aliphatic rings. The van der Waals surface area contributed by atoms with Gasteiger partial charge in [0, 0.05) is 11.1 Å². The summed E-state index contributed by atoms with van der Waals surface area (Å²) in [7, 11) is 0. The summed E-state index contributed by atoms with van der Waals surface area (Å²) in [6.45, 7) is 7.14. The lowest BCUT2D eigenvalue weighted by atomic mass is 9.79. The SMILES string of the molecule is CCC1CC2(C)CCC(C)(C1)N2. The molecular formula is C11H21N. The van der Waals surface area contributed by atoms with Gasteiger partial charge in [-0.05, 0) is 45.4 Å². The van der Waals surface area contributed by atoms with E-state index in [1.165, 1.54) is 32.1 Å². The first-order valence-corrected chi connectivity index (χ1v) is 5.35. The molecule has 1 nitrogen and oxygen atoms in total. The van der Waals surface area contributed by atoms with Crippen LogP contribution in [0.25, 0.3) is 0 Å². The summed E-state index contributed by atoms with van der Waals surface area (Å²) in [4.78, 5) is 0. The Balaban J connectivity index is 2.16. The van der Waals surface area contributed by atoms with Crippen LogP contribution < -0.4 is 5.32 Å². The molecule has 2 bridgehead atoms. The van der Waals surface area contributed by atoms with Gasteiger partial charge in [-0.25, -0.2) is 0 Å². The Bertz CT molecular complexity index is 171. The molecule has 0 spiro atoms. The molecule has 2 rings (SSSR count). The summed E-state index contributed by atoms with van der Waals surface area (Å²) in [6, 6.07) is 0. The van der Waals surface area contributed by atoms with E-state index in [2.05, 4.69) is 26.1 Å². The molecular weight excluding hydrogens is 146 g/mol. The van der Waals surface area contributed by atoms with Gasteiger partial charge in [0.1, 0.15) is 0 Å². The third-order valence-corrected chi connectivity index (χ3v) is 3.89. The lowest BCUT2D eigenvalue weighted by Gasteiger charge is -2.41. The van der Waals surface area contributed by atoms with Gasteiger partial charge in [0.05, 0.1) is 0 Å². The molecule has 12 heavy (non-hydrogen) atoms. The summed E-state index contributed by atoms with van der Waals surface area (Å²) in [6.07, 6.45) is 6.95. The van der Waals surface area contributed by atoms with Gasteiger partial charge in [-0.15, -0.1) is 0 Å². The molecule has 1 N–H and O–H groups in total. The zero-order chi connectivity index (χ0) is 8.82. The minimum atomic E-state index is 0.480. The van der Waals surface area contributed by atoms with E-state index in [1.807, 2.05) is 0 Å². The first kappa shape index (κ1) is 8.55. The second kappa shape index (κ2) is 2.47. The summed E-state index contributed by atoms with van der Waals surface area (Å²) in [5.41, 5.74) is 0.960. The smallest absolute Gasteiger partial charge is 0.0161 e. The number of hydrogen-bond donors (Lipinski definition) is 1. The third-order valence-electron chi connectivity index (χ3n) is 3.89. The van der Waals surface area contributed by atoms with Crippen LogP contribution in [0.4, 0.5) is 0 Å². The van der Waals surface area contributed by atoms with E-state index in [0.29, 0.717) is 11.1 Å². The van der Waals surface area contributed by atoms with Crippen LogP contribution >= 0.6 is 0 Å². The van der Waals surface area contributed by atoms with Crippen molar-refractivity contribution in [1.29, 1.82) is 0 Å². The fourth-order valence-corrected chi connectivity index (χ4v) is 3.35. The molecule has 1 heteroatoms. The van der Waals surface area contributed by atoms with Crippen LogP contribution in [0.15, 0.2) is 0 Å². The molecule has 0 aromatic carbocycles. The van der Waals surface area contributed by atoms with Crippen LogP contribution in [0.3, 0.4) is 0 Å². The van der Waals surface area contributed by atoms with Gasteiger partial charge in [-0.2, -0.15) is 0 Å². The molecule has 0 saturated carbocycles. The second-order valence-corrected chi connectivity index (χ2v) is 5.43. The zero-order valence-electron chi connectivity index (χ0n) is 8.61. The Morgan fingerprint density at radius 3 is 2.08 bits per heavy atom. The minimum absolute atomic E-state index is 0.480. The monoisotopic (exact) mass is 167 g/mol. The molecule has 0 aromatic rings. The van der Waals surface area contributed by atoms with Crippen LogP contribution in [0, 0.1) is 5.92 Å². The summed E-state index contributed by atoms with van der Waals surface area (Å²) in [5.74, 6) is 0.976. The van der Waals surface area contributed by atoms with Gasteiger partial charge in [0.2, 0.25) is 0 Å². The van der Waals surface area contributed by atoms with Crippen molar-refractivity contribution in [3.63, 3.8) is 0 Å². The quantitative estimate of drug-likeness (QED) is 0.633. The predicted octanol–water partition coefficient (Wildman–Crippen LogP) is 2.71. The highest BCUT2D eigenvalue weighted by atomic mass is 15.1. The average molecular weight is 167 g/mol. The van der Waals surface area contributed by atoms with Crippen LogP contribution in [0.5, 0.6) is 0 Å². The highest BCUT2D eigenvalue weighted by Crippen LogP contribution is 2.45. The van der Waals surface area contributed by atoms with Crippen LogP contribution in [-0.4, -0.2) is 11.1 Å². The number of piperidine rings is 1. The number of nitrogens with one attached hydrogen (secondary N) is 1. The topological polar surface area (TPSA) is 12.0 Å². The molecule has 2 aliphatic heterocycles. The highest BCUT2D eigenvalue weighted by molar-refractivity contribution is 5.07. The van der Waals surface area contributed by atoms with E-state index in [1.54, 1.807) is 0 Å². The largest absolute Gasteiger partial charge is 0.306 e. The average Bonchev–Trinajstić information content (AvgIpc) is 2.20. The maximum absolute atomic E-state index is 3.81. The lowest BCUT2D eigenvalue weighted by Crippen LogP contribution is -2.53. The Morgan fingerprint density at radius 2 is 1.67 bits per heavy atom. The van der Waals surface area contributed by atoms with E-state index in [-0.39, 0.29) is 0 Å². The Labute approximate surface area is 75.9 Å². The van der Waals surface area contributed by atoms with Crippen LogP contribution in [-0.2, 0) is 0 Å². The molecule has 0 amide bonds. The van der Waals surface area contributed by atoms with Crippen molar-refractivity contribution in [3.05, 3.63) is 0 Å². The van der Waals surface area contributed by atoms with Crippen LogP contribution in [0.2, 0.25) is 0 Å².